The highest BCUT2D eigenvalue weighted by atomic mass is 79.9. The molecule has 0 aliphatic heterocycles. The van der Waals surface area contributed by atoms with Crippen molar-refractivity contribution in [1.82, 2.24) is 4.57 Å². The van der Waals surface area contributed by atoms with E-state index < -0.39 is 10.8 Å². The molecule has 0 unspecified atom stereocenters. The number of benzene rings is 2. The van der Waals surface area contributed by atoms with Crippen LogP contribution in [0.15, 0.2) is 53.0 Å². The second-order valence-electron chi connectivity index (χ2n) is 9.43. The smallest absolute Gasteiger partial charge is 0.150 e. The van der Waals surface area contributed by atoms with Gasteiger partial charge < -0.3 is 4.57 Å². The fraction of sp³-hybridized carbons (Fsp3) is 0.360. The van der Waals surface area contributed by atoms with Crippen LogP contribution in [-0.4, -0.2) is 16.1 Å². The highest BCUT2D eigenvalue weighted by molar-refractivity contribution is 9.10. The number of hydrogen-bond acceptors (Lipinski definition) is 2. The molecule has 0 spiro atoms. The molecule has 0 amide bonds. The third-order valence-electron chi connectivity index (χ3n) is 8.14. The van der Waals surface area contributed by atoms with Crippen molar-refractivity contribution < 1.29 is 9.59 Å². The van der Waals surface area contributed by atoms with Crippen molar-refractivity contribution in [3.8, 4) is 0 Å². The van der Waals surface area contributed by atoms with E-state index in [1.54, 1.807) is 0 Å². The molecule has 0 saturated heterocycles. The fourth-order valence-electron chi connectivity index (χ4n) is 7.18. The first-order valence-corrected chi connectivity index (χ1v) is 11.0. The molecule has 5 atom stereocenters. The molecule has 8 rings (SSSR count). The van der Waals surface area contributed by atoms with Crippen LogP contribution in [0.2, 0.25) is 0 Å². The van der Waals surface area contributed by atoms with E-state index in [1.165, 1.54) is 5.69 Å². The normalized spacial score (nSPS) is 34.8. The molecule has 3 aromatic rings. The quantitative estimate of drug-likeness (QED) is 0.510. The first-order valence-electron chi connectivity index (χ1n) is 10.2. The number of hydrogen-bond donors (Lipinski definition) is 0. The first kappa shape index (κ1) is 17.6. The third-order valence-corrected chi connectivity index (χ3v) is 8.86. The Bertz CT molecular complexity index is 1260. The van der Waals surface area contributed by atoms with E-state index >= 15 is 0 Å². The lowest BCUT2D eigenvalue weighted by Gasteiger charge is -2.64. The summed E-state index contributed by atoms with van der Waals surface area (Å²) >= 11 is 3.74. The number of rotatable bonds is 1. The van der Waals surface area contributed by atoms with Gasteiger partial charge in [0.1, 0.15) is 5.78 Å². The van der Waals surface area contributed by atoms with Crippen LogP contribution < -0.4 is 0 Å². The van der Waals surface area contributed by atoms with E-state index in [4.69, 9.17) is 0 Å². The maximum absolute atomic E-state index is 13.9. The number of nitrogens with zero attached hydrogens (tertiary/aromatic N) is 1. The van der Waals surface area contributed by atoms with Crippen LogP contribution in [0, 0.1) is 11.3 Å². The maximum Gasteiger partial charge on any atom is 0.150 e. The molecular weight excluding hydrogens is 426 g/mol. The fourth-order valence-corrected chi connectivity index (χ4v) is 7.73. The Morgan fingerprint density at radius 1 is 1.00 bits per heavy atom. The summed E-state index contributed by atoms with van der Waals surface area (Å²) < 4.78 is 3.31. The number of ketones is 2. The maximum atomic E-state index is 13.9. The minimum absolute atomic E-state index is 0.00521. The van der Waals surface area contributed by atoms with Gasteiger partial charge in [-0.2, -0.15) is 0 Å². The van der Waals surface area contributed by atoms with Gasteiger partial charge >= 0.3 is 0 Å². The number of Topliss-reactive ketones (excluding diaryl/α,β-unsaturated/α-hetero) is 2. The van der Waals surface area contributed by atoms with Crippen molar-refractivity contribution in [3.63, 3.8) is 0 Å². The van der Waals surface area contributed by atoms with Crippen molar-refractivity contribution in [2.75, 3.05) is 0 Å². The zero-order valence-electron chi connectivity index (χ0n) is 16.7. The van der Waals surface area contributed by atoms with Gasteiger partial charge in [-0.05, 0) is 30.2 Å². The number of aryl methyl sites for hydroxylation is 1. The SMILES string of the molecule is Cn1c2c(c3ccccc31)[C@]1(C)C(=O)[C@@]3(C)CC(=O)[C@@H]1[C@H](c1ccccc1Br)[C@@H]23. The van der Waals surface area contributed by atoms with E-state index in [9.17, 15) is 9.59 Å². The molecule has 146 valence electrons. The van der Waals surface area contributed by atoms with Crippen molar-refractivity contribution in [2.24, 2.45) is 18.4 Å². The molecule has 1 aromatic heterocycles. The van der Waals surface area contributed by atoms with Crippen LogP contribution in [0.25, 0.3) is 10.9 Å². The summed E-state index contributed by atoms with van der Waals surface area (Å²) in [7, 11) is 2.12. The summed E-state index contributed by atoms with van der Waals surface area (Å²) in [5.74, 6) is 0.205. The van der Waals surface area contributed by atoms with Crippen LogP contribution >= 0.6 is 15.9 Å². The van der Waals surface area contributed by atoms with Gasteiger partial charge in [0.2, 0.25) is 0 Å². The Morgan fingerprint density at radius 3 is 2.45 bits per heavy atom. The summed E-state index contributed by atoms with van der Waals surface area (Å²) in [6, 6.07) is 16.5. The number of halogens is 1. The van der Waals surface area contributed by atoms with Gasteiger partial charge in [0, 0.05) is 57.7 Å². The minimum Gasteiger partial charge on any atom is -0.347 e. The minimum atomic E-state index is -0.783. The highest BCUT2D eigenvalue weighted by Crippen LogP contribution is 2.72. The van der Waals surface area contributed by atoms with Gasteiger partial charge in [-0.25, -0.2) is 0 Å². The van der Waals surface area contributed by atoms with E-state index in [0.29, 0.717) is 6.42 Å². The molecule has 2 aromatic carbocycles. The van der Waals surface area contributed by atoms with Crippen molar-refractivity contribution >= 4 is 38.4 Å². The number of carbonyl (C=O) groups excluding carboxylic acids is 2. The lowest BCUT2D eigenvalue weighted by molar-refractivity contribution is -0.164. The summed E-state index contributed by atoms with van der Waals surface area (Å²) in [5, 5.41) is 1.12. The Morgan fingerprint density at radius 2 is 1.69 bits per heavy atom. The van der Waals surface area contributed by atoms with Gasteiger partial charge in [-0.15, -0.1) is 0 Å². The Kier molecular flexibility index (Phi) is 3.21. The van der Waals surface area contributed by atoms with Crippen molar-refractivity contribution in [3.05, 3.63) is 69.8 Å². The Hall–Kier alpha value is -2.20. The molecule has 29 heavy (non-hydrogen) atoms. The molecule has 4 bridgehead atoms. The summed E-state index contributed by atoms with van der Waals surface area (Å²) in [5.41, 5.74) is 3.21. The van der Waals surface area contributed by atoms with E-state index in [1.807, 2.05) is 44.2 Å². The molecule has 0 N–H and O–H groups in total. The van der Waals surface area contributed by atoms with Crippen LogP contribution in [0.1, 0.15) is 48.9 Å². The first-order chi connectivity index (χ1) is 13.8. The molecule has 3 nitrogen and oxygen atoms in total. The largest absolute Gasteiger partial charge is 0.347 e. The average molecular weight is 448 g/mol. The second kappa shape index (κ2) is 5.28. The topological polar surface area (TPSA) is 39.1 Å². The van der Waals surface area contributed by atoms with Crippen LogP contribution in [0.4, 0.5) is 0 Å². The van der Waals surface area contributed by atoms with Crippen molar-refractivity contribution in [1.29, 1.82) is 0 Å². The number of fused-ring (bicyclic) bond motifs is 2. The summed E-state index contributed by atoms with van der Waals surface area (Å²) in [6.45, 7) is 4.08. The molecule has 5 aliphatic rings. The van der Waals surface area contributed by atoms with Crippen molar-refractivity contribution in [2.45, 2.75) is 37.5 Å². The van der Waals surface area contributed by atoms with Gasteiger partial charge in [0.05, 0.1) is 5.41 Å². The molecule has 5 aliphatic carbocycles. The predicted molar refractivity (Wildman–Crippen MR) is 116 cm³/mol. The standard InChI is InChI=1S/C25H22BrNO2/c1-24-12-17(28)20-18(13-8-4-6-10-15(13)26)21(24)22-19(25(20,2)23(24)29)14-9-5-7-11-16(14)27(22)3/h4-11,18,20-21H,12H2,1-3H3/t18-,20+,21-,24-,25-/m0/s1. The van der Waals surface area contributed by atoms with E-state index in [2.05, 4.69) is 45.7 Å². The summed E-state index contributed by atoms with van der Waals surface area (Å²) in [6.07, 6.45) is 0.360. The average Bonchev–Trinajstić information content (AvgIpc) is 2.99. The second-order valence-corrected chi connectivity index (χ2v) is 10.3. The lowest BCUT2D eigenvalue weighted by Crippen LogP contribution is -2.69. The van der Waals surface area contributed by atoms with Gasteiger partial charge in [0.25, 0.3) is 0 Å². The lowest BCUT2D eigenvalue weighted by atomic mass is 9.35. The van der Waals surface area contributed by atoms with Crippen LogP contribution in [0.5, 0.6) is 0 Å². The molecule has 3 fully saturated rings. The molecule has 1 heterocycles. The van der Waals surface area contributed by atoms with Crippen LogP contribution in [0.3, 0.4) is 0 Å². The van der Waals surface area contributed by atoms with Crippen LogP contribution in [-0.2, 0) is 22.1 Å². The Labute approximate surface area is 178 Å². The number of para-hydroxylation sites is 1. The van der Waals surface area contributed by atoms with Gasteiger partial charge in [-0.3, -0.25) is 9.59 Å². The highest BCUT2D eigenvalue weighted by Gasteiger charge is 2.74. The number of aromatic nitrogens is 1. The van der Waals surface area contributed by atoms with Gasteiger partial charge in [0.15, 0.2) is 5.78 Å². The zero-order chi connectivity index (χ0) is 20.3. The molecular formula is C25H22BrNO2. The van der Waals surface area contributed by atoms with E-state index in [0.717, 1.165) is 26.5 Å². The predicted octanol–water partition coefficient (Wildman–Crippen LogP) is 5.26. The summed E-state index contributed by atoms with van der Waals surface area (Å²) in [4.78, 5) is 27.4. The molecule has 0 radical (unpaired) electrons. The van der Waals surface area contributed by atoms with Gasteiger partial charge in [-0.1, -0.05) is 59.3 Å². The zero-order valence-corrected chi connectivity index (χ0v) is 18.3. The Balaban J connectivity index is 1.79. The van der Waals surface area contributed by atoms with E-state index in [-0.39, 0.29) is 29.3 Å². The molecule has 3 saturated carbocycles. The monoisotopic (exact) mass is 447 g/mol. The number of carbonyl (C=O) groups is 2. The third kappa shape index (κ3) is 1.77. The molecule has 4 heteroatoms.